The molecule has 1 aromatic rings. The number of hydrogen-bond acceptors (Lipinski definition) is 1. The molecule has 0 heterocycles. The maximum atomic E-state index is 12.0. The smallest absolute Gasteiger partial charge is 0.250 e. The molecule has 0 radical (unpaired) electrons. The lowest BCUT2D eigenvalue weighted by Gasteiger charge is -2.22. The molecule has 94 valence electrons. The predicted molar refractivity (Wildman–Crippen MR) is 74.8 cm³/mol. The lowest BCUT2D eigenvalue weighted by atomic mass is 10.0. The zero-order valence-electron chi connectivity index (χ0n) is 10.8. The Morgan fingerprint density at radius 2 is 2.00 bits per heavy atom. The molecule has 0 saturated heterocycles. The lowest BCUT2D eigenvalue weighted by Crippen LogP contribution is -2.25. The van der Waals surface area contributed by atoms with Gasteiger partial charge in [0.1, 0.15) is 0 Å². The molecule has 1 amide bonds. The summed E-state index contributed by atoms with van der Waals surface area (Å²) in [5, 5.41) is 0. The minimum atomic E-state index is 0.0482. The van der Waals surface area contributed by atoms with Crippen LogP contribution in [0.15, 0.2) is 48.2 Å². The minimum Gasteiger partial charge on any atom is -0.316 e. The number of hydrogen-bond donors (Lipinski definition) is 0. The summed E-state index contributed by atoms with van der Waals surface area (Å²) in [5.41, 5.74) is 2.21. The summed E-state index contributed by atoms with van der Waals surface area (Å²) < 4.78 is 0. The molecular formula is C16H19NO. The Morgan fingerprint density at radius 1 is 1.22 bits per heavy atom. The van der Waals surface area contributed by atoms with Crippen molar-refractivity contribution in [1.82, 2.24) is 4.90 Å². The van der Waals surface area contributed by atoms with Gasteiger partial charge < -0.3 is 4.90 Å². The molecular weight excluding hydrogens is 222 g/mol. The number of allylic oxidation sites excluding steroid dienone is 2. The van der Waals surface area contributed by atoms with Crippen LogP contribution in [0.5, 0.6) is 0 Å². The van der Waals surface area contributed by atoms with Gasteiger partial charge in [-0.2, -0.15) is 0 Å². The van der Waals surface area contributed by atoms with Crippen LogP contribution in [0.1, 0.15) is 31.2 Å². The van der Waals surface area contributed by atoms with Crippen molar-refractivity contribution in [3.63, 3.8) is 0 Å². The Hall–Kier alpha value is -1.83. The number of benzene rings is 1. The molecule has 0 aliphatic heterocycles. The van der Waals surface area contributed by atoms with Crippen molar-refractivity contribution in [1.29, 1.82) is 0 Å². The molecule has 2 nitrogen and oxygen atoms in total. The first kappa shape index (κ1) is 12.6. The number of rotatable bonds is 3. The Morgan fingerprint density at radius 3 is 2.67 bits per heavy atom. The molecule has 1 aromatic carbocycles. The van der Waals surface area contributed by atoms with E-state index in [1.54, 1.807) is 11.0 Å². The highest BCUT2D eigenvalue weighted by Crippen LogP contribution is 2.20. The third kappa shape index (κ3) is 3.33. The van der Waals surface area contributed by atoms with Crippen molar-refractivity contribution in [3.05, 3.63) is 53.7 Å². The minimum absolute atomic E-state index is 0.0482. The van der Waals surface area contributed by atoms with E-state index >= 15 is 0 Å². The fourth-order valence-electron chi connectivity index (χ4n) is 2.11. The summed E-state index contributed by atoms with van der Waals surface area (Å²) in [6, 6.07) is 9.89. The molecule has 0 unspecified atom stereocenters. The molecule has 0 bridgehead atoms. The fourth-order valence-corrected chi connectivity index (χ4v) is 2.11. The second-order valence-electron chi connectivity index (χ2n) is 4.58. The highest BCUT2D eigenvalue weighted by molar-refractivity contribution is 5.92. The fraction of sp³-hybridized carbons (Fsp3) is 0.312. The molecule has 2 heteroatoms. The van der Waals surface area contributed by atoms with Crippen LogP contribution in [0.4, 0.5) is 0 Å². The average molecular weight is 241 g/mol. The zero-order chi connectivity index (χ0) is 12.8. The zero-order valence-corrected chi connectivity index (χ0v) is 10.8. The summed E-state index contributed by atoms with van der Waals surface area (Å²) in [7, 11) is 1.86. The van der Waals surface area contributed by atoms with Gasteiger partial charge in [-0.25, -0.2) is 0 Å². The lowest BCUT2D eigenvalue weighted by molar-refractivity contribution is -0.123. The van der Waals surface area contributed by atoms with Crippen LogP contribution < -0.4 is 0 Å². The van der Waals surface area contributed by atoms with E-state index in [-0.39, 0.29) is 5.91 Å². The first-order valence-corrected chi connectivity index (χ1v) is 6.47. The summed E-state index contributed by atoms with van der Waals surface area (Å²) in [6.07, 6.45) is 10.2. The van der Waals surface area contributed by atoms with Gasteiger partial charge >= 0.3 is 0 Å². The molecule has 2 rings (SSSR count). The monoisotopic (exact) mass is 241 g/mol. The molecule has 0 fully saturated rings. The molecule has 1 aliphatic carbocycles. The van der Waals surface area contributed by atoms with E-state index in [2.05, 4.69) is 6.08 Å². The van der Waals surface area contributed by atoms with E-state index in [4.69, 9.17) is 0 Å². The van der Waals surface area contributed by atoms with Gasteiger partial charge in [0.05, 0.1) is 0 Å². The summed E-state index contributed by atoms with van der Waals surface area (Å²) in [6.45, 7) is 0. The van der Waals surface area contributed by atoms with E-state index < -0.39 is 0 Å². The number of carbonyl (C=O) groups excluding carboxylic acids is 1. The van der Waals surface area contributed by atoms with Crippen LogP contribution in [-0.2, 0) is 4.79 Å². The molecule has 18 heavy (non-hydrogen) atoms. The molecule has 0 aromatic heterocycles. The second-order valence-corrected chi connectivity index (χ2v) is 4.58. The van der Waals surface area contributed by atoms with E-state index in [0.29, 0.717) is 0 Å². The van der Waals surface area contributed by atoms with Crippen LogP contribution in [0.2, 0.25) is 0 Å². The van der Waals surface area contributed by atoms with Gasteiger partial charge in [-0.15, -0.1) is 0 Å². The second kappa shape index (κ2) is 6.20. The Kier molecular flexibility index (Phi) is 4.35. The number of nitrogens with zero attached hydrogens (tertiary/aromatic N) is 1. The van der Waals surface area contributed by atoms with Crippen LogP contribution in [0.25, 0.3) is 6.08 Å². The first-order chi connectivity index (χ1) is 8.77. The third-order valence-electron chi connectivity index (χ3n) is 3.25. The SMILES string of the molecule is CN(C(=O)/C=C/c1ccccc1)C1=CCCCC1. The number of likely N-dealkylation sites (N-methyl/N-ethyl adjacent to an activating group) is 1. The van der Waals surface area contributed by atoms with Crippen molar-refractivity contribution >= 4 is 12.0 Å². The number of amides is 1. The first-order valence-electron chi connectivity index (χ1n) is 6.47. The van der Waals surface area contributed by atoms with Crippen molar-refractivity contribution in [2.45, 2.75) is 25.7 Å². The van der Waals surface area contributed by atoms with Crippen LogP contribution in [0.3, 0.4) is 0 Å². The topological polar surface area (TPSA) is 20.3 Å². The van der Waals surface area contributed by atoms with E-state index in [1.807, 2.05) is 43.5 Å². The largest absolute Gasteiger partial charge is 0.316 e. The molecule has 1 aliphatic rings. The van der Waals surface area contributed by atoms with Gasteiger partial charge in [-0.05, 0) is 37.3 Å². The summed E-state index contributed by atoms with van der Waals surface area (Å²) in [4.78, 5) is 13.8. The highest BCUT2D eigenvalue weighted by Gasteiger charge is 2.12. The van der Waals surface area contributed by atoms with Crippen LogP contribution >= 0.6 is 0 Å². The molecule has 0 spiro atoms. The van der Waals surface area contributed by atoms with Gasteiger partial charge in [0, 0.05) is 18.8 Å². The van der Waals surface area contributed by atoms with E-state index in [0.717, 1.165) is 24.1 Å². The Bertz CT molecular complexity index is 459. The third-order valence-corrected chi connectivity index (χ3v) is 3.25. The maximum Gasteiger partial charge on any atom is 0.250 e. The summed E-state index contributed by atoms with van der Waals surface area (Å²) >= 11 is 0. The van der Waals surface area contributed by atoms with E-state index in [1.165, 1.54) is 12.8 Å². The van der Waals surface area contributed by atoms with Crippen LogP contribution in [-0.4, -0.2) is 17.9 Å². The average Bonchev–Trinajstić information content (AvgIpc) is 2.46. The van der Waals surface area contributed by atoms with Gasteiger partial charge in [0.15, 0.2) is 0 Å². The van der Waals surface area contributed by atoms with Gasteiger partial charge in [-0.1, -0.05) is 36.4 Å². The van der Waals surface area contributed by atoms with Gasteiger partial charge in [0.25, 0.3) is 0 Å². The van der Waals surface area contributed by atoms with Crippen LogP contribution in [0, 0.1) is 0 Å². The quantitative estimate of drug-likeness (QED) is 0.740. The highest BCUT2D eigenvalue weighted by atomic mass is 16.2. The molecule has 0 N–H and O–H groups in total. The van der Waals surface area contributed by atoms with Crippen molar-refractivity contribution < 1.29 is 4.79 Å². The maximum absolute atomic E-state index is 12.0. The van der Waals surface area contributed by atoms with Crippen molar-refractivity contribution in [2.24, 2.45) is 0 Å². The van der Waals surface area contributed by atoms with Crippen molar-refractivity contribution in [3.8, 4) is 0 Å². The van der Waals surface area contributed by atoms with Gasteiger partial charge in [0.2, 0.25) is 5.91 Å². The molecule has 0 saturated carbocycles. The summed E-state index contributed by atoms with van der Waals surface area (Å²) in [5.74, 6) is 0.0482. The standard InChI is InChI=1S/C16H19NO/c1-17(15-10-6-3-7-11-15)16(18)13-12-14-8-4-2-5-9-14/h2,4-5,8-10,12-13H,3,6-7,11H2,1H3/b13-12+. The predicted octanol–water partition coefficient (Wildman–Crippen LogP) is 3.62. The van der Waals surface area contributed by atoms with E-state index in [9.17, 15) is 4.79 Å². The Labute approximate surface area is 109 Å². The Balaban J connectivity index is 1.99. The number of carbonyl (C=O) groups is 1. The van der Waals surface area contributed by atoms with Gasteiger partial charge in [-0.3, -0.25) is 4.79 Å². The molecule has 0 atom stereocenters. The normalized spacial score (nSPS) is 15.5. The van der Waals surface area contributed by atoms with Crippen molar-refractivity contribution in [2.75, 3.05) is 7.05 Å².